The van der Waals surface area contributed by atoms with Crippen LogP contribution in [0.15, 0.2) is 12.5 Å². The maximum Gasteiger partial charge on any atom is 0.0949 e. The molecule has 0 amide bonds. The number of imidazole rings is 1. The zero-order chi connectivity index (χ0) is 13.5. The Bertz CT molecular complexity index is 361. The van der Waals surface area contributed by atoms with Gasteiger partial charge in [0.25, 0.3) is 0 Å². The summed E-state index contributed by atoms with van der Waals surface area (Å²) in [6.07, 6.45) is 10.6. The molecule has 0 spiro atoms. The van der Waals surface area contributed by atoms with Crippen LogP contribution in [0.25, 0.3) is 0 Å². The van der Waals surface area contributed by atoms with E-state index in [2.05, 4.69) is 39.9 Å². The molecule has 1 aromatic heterocycles. The van der Waals surface area contributed by atoms with Gasteiger partial charge in [0.05, 0.1) is 12.0 Å². The van der Waals surface area contributed by atoms with Crippen LogP contribution in [0.1, 0.15) is 38.3 Å². The van der Waals surface area contributed by atoms with Crippen molar-refractivity contribution in [2.24, 2.45) is 0 Å². The fourth-order valence-electron chi connectivity index (χ4n) is 2.86. The highest BCUT2D eigenvalue weighted by molar-refractivity contribution is 4.97. The van der Waals surface area contributed by atoms with Crippen molar-refractivity contribution in [1.29, 1.82) is 0 Å². The van der Waals surface area contributed by atoms with Crippen LogP contribution in [-0.2, 0) is 13.0 Å². The molecule has 0 radical (unpaired) electrons. The third-order valence-corrected chi connectivity index (χ3v) is 4.14. The molecule has 1 fully saturated rings. The smallest absolute Gasteiger partial charge is 0.0949 e. The van der Waals surface area contributed by atoms with E-state index in [1.807, 2.05) is 6.33 Å². The number of rotatable bonds is 7. The van der Waals surface area contributed by atoms with E-state index in [0.29, 0.717) is 0 Å². The minimum Gasteiger partial charge on any atom is -0.337 e. The van der Waals surface area contributed by atoms with Gasteiger partial charge < -0.3 is 14.8 Å². The van der Waals surface area contributed by atoms with Gasteiger partial charge in [0.2, 0.25) is 0 Å². The largest absolute Gasteiger partial charge is 0.337 e. The molecular weight excluding hydrogens is 236 g/mol. The van der Waals surface area contributed by atoms with Crippen LogP contribution in [0.4, 0.5) is 0 Å². The molecule has 2 heterocycles. The number of likely N-dealkylation sites (N-methyl/N-ethyl adjacent to an activating group) is 1. The lowest BCUT2D eigenvalue weighted by Crippen LogP contribution is -2.36. The Morgan fingerprint density at radius 3 is 3.11 bits per heavy atom. The van der Waals surface area contributed by atoms with Gasteiger partial charge in [0.15, 0.2) is 0 Å². The minimum absolute atomic E-state index is 0.765. The second kappa shape index (κ2) is 7.65. The van der Waals surface area contributed by atoms with Gasteiger partial charge in [-0.15, -0.1) is 0 Å². The lowest BCUT2D eigenvalue weighted by molar-refractivity contribution is 0.171. The van der Waals surface area contributed by atoms with Crippen molar-refractivity contribution >= 4 is 0 Å². The first-order valence-electron chi connectivity index (χ1n) is 7.71. The van der Waals surface area contributed by atoms with Crippen LogP contribution < -0.4 is 5.32 Å². The van der Waals surface area contributed by atoms with E-state index in [0.717, 1.165) is 32.1 Å². The van der Waals surface area contributed by atoms with Crippen LogP contribution >= 0.6 is 0 Å². The fourth-order valence-corrected chi connectivity index (χ4v) is 2.86. The highest BCUT2D eigenvalue weighted by Crippen LogP contribution is 2.18. The van der Waals surface area contributed by atoms with Crippen molar-refractivity contribution in [3.8, 4) is 0 Å². The molecule has 2 rings (SSSR count). The SMILES string of the molecule is CCNCCc1cn(CCC2CCCCN2C)cn1. The minimum atomic E-state index is 0.765. The van der Waals surface area contributed by atoms with E-state index in [4.69, 9.17) is 0 Å². The molecule has 4 heteroatoms. The van der Waals surface area contributed by atoms with Crippen molar-refractivity contribution in [3.63, 3.8) is 0 Å². The van der Waals surface area contributed by atoms with E-state index in [-0.39, 0.29) is 0 Å². The summed E-state index contributed by atoms with van der Waals surface area (Å²) in [6, 6.07) is 0.765. The maximum absolute atomic E-state index is 4.48. The molecule has 1 aromatic rings. The number of aromatic nitrogens is 2. The number of hydrogen-bond acceptors (Lipinski definition) is 3. The van der Waals surface area contributed by atoms with Gasteiger partial charge in [-0.25, -0.2) is 4.98 Å². The molecule has 1 saturated heterocycles. The third kappa shape index (κ3) is 4.62. The highest BCUT2D eigenvalue weighted by Gasteiger charge is 2.18. The summed E-state index contributed by atoms with van der Waals surface area (Å²) in [7, 11) is 2.26. The first-order chi connectivity index (χ1) is 9.29. The van der Waals surface area contributed by atoms with Crippen molar-refractivity contribution in [1.82, 2.24) is 19.8 Å². The summed E-state index contributed by atoms with van der Waals surface area (Å²) in [6.45, 7) is 6.57. The number of aryl methyl sites for hydroxylation is 1. The molecule has 1 unspecified atom stereocenters. The monoisotopic (exact) mass is 264 g/mol. The van der Waals surface area contributed by atoms with Gasteiger partial charge in [0.1, 0.15) is 0 Å². The number of hydrogen-bond donors (Lipinski definition) is 1. The van der Waals surface area contributed by atoms with Gasteiger partial charge in [-0.05, 0) is 39.4 Å². The van der Waals surface area contributed by atoms with Gasteiger partial charge in [0, 0.05) is 31.7 Å². The standard InChI is InChI=1S/C15H28N4/c1-3-16-9-7-14-12-19(13-17-14)11-8-15-6-4-5-10-18(15)2/h12-13,15-16H,3-11H2,1-2H3. The van der Waals surface area contributed by atoms with Crippen LogP contribution in [0.5, 0.6) is 0 Å². The first kappa shape index (κ1) is 14.5. The fraction of sp³-hybridized carbons (Fsp3) is 0.800. The van der Waals surface area contributed by atoms with Gasteiger partial charge >= 0.3 is 0 Å². The van der Waals surface area contributed by atoms with Gasteiger partial charge in [-0.2, -0.15) is 0 Å². The average Bonchev–Trinajstić information content (AvgIpc) is 2.86. The third-order valence-electron chi connectivity index (χ3n) is 4.14. The van der Waals surface area contributed by atoms with E-state index in [1.54, 1.807) is 0 Å². The van der Waals surface area contributed by atoms with Crippen molar-refractivity contribution in [2.75, 3.05) is 26.7 Å². The Hall–Kier alpha value is -0.870. The maximum atomic E-state index is 4.48. The predicted molar refractivity (Wildman–Crippen MR) is 79.4 cm³/mol. The van der Waals surface area contributed by atoms with E-state index < -0.39 is 0 Å². The number of piperidine rings is 1. The second-order valence-corrected chi connectivity index (χ2v) is 5.63. The molecule has 4 nitrogen and oxygen atoms in total. The number of nitrogens with zero attached hydrogens (tertiary/aromatic N) is 3. The average molecular weight is 264 g/mol. The summed E-state index contributed by atoms with van der Waals surface area (Å²) in [5.41, 5.74) is 1.21. The van der Waals surface area contributed by atoms with Gasteiger partial charge in [-0.3, -0.25) is 0 Å². The molecule has 19 heavy (non-hydrogen) atoms. The molecule has 0 bridgehead atoms. The number of likely N-dealkylation sites (tertiary alicyclic amines) is 1. The molecular formula is C15H28N4. The second-order valence-electron chi connectivity index (χ2n) is 5.63. The first-order valence-corrected chi connectivity index (χ1v) is 7.71. The summed E-state index contributed by atoms with van der Waals surface area (Å²) in [4.78, 5) is 7.00. The number of nitrogens with one attached hydrogen (secondary N) is 1. The van der Waals surface area contributed by atoms with Gasteiger partial charge in [-0.1, -0.05) is 13.3 Å². The molecule has 0 saturated carbocycles. The van der Waals surface area contributed by atoms with Crippen LogP contribution in [-0.4, -0.2) is 47.2 Å². The van der Waals surface area contributed by atoms with E-state index >= 15 is 0 Å². The lowest BCUT2D eigenvalue weighted by Gasteiger charge is -2.32. The van der Waals surface area contributed by atoms with Crippen molar-refractivity contribution in [3.05, 3.63) is 18.2 Å². The molecule has 1 atom stereocenters. The highest BCUT2D eigenvalue weighted by atomic mass is 15.1. The molecule has 1 N–H and O–H groups in total. The summed E-state index contributed by atoms with van der Waals surface area (Å²) in [5, 5.41) is 3.34. The summed E-state index contributed by atoms with van der Waals surface area (Å²) in [5.74, 6) is 0. The van der Waals surface area contributed by atoms with Crippen molar-refractivity contribution in [2.45, 2.75) is 51.6 Å². The van der Waals surface area contributed by atoms with E-state index in [1.165, 1.54) is 37.9 Å². The molecule has 1 aliphatic heterocycles. The Balaban J connectivity index is 1.73. The summed E-state index contributed by atoms with van der Waals surface area (Å²) >= 11 is 0. The van der Waals surface area contributed by atoms with Crippen molar-refractivity contribution < 1.29 is 0 Å². The summed E-state index contributed by atoms with van der Waals surface area (Å²) < 4.78 is 2.25. The lowest BCUT2D eigenvalue weighted by atomic mass is 10.0. The Labute approximate surface area is 117 Å². The molecule has 0 aromatic carbocycles. The Morgan fingerprint density at radius 1 is 1.42 bits per heavy atom. The molecule has 108 valence electrons. The van der Waals surface area contributed by atoms with E-state index in [9.17, 15) is 0 Å². The normalized spacial score (nSPS) is 20.8. The molecule has 0 aliphatic carbocycles. The predicted octanol–water partition coefficient (Wildman–Crippen LogP) is 1.91. The molecule has 1 aliphatic rings. The van der Waals surface area contributed by atoms with Crippen LogP contribution in [0.3, 0.4) is 0 Å². The topological polar surface area (TPSA) is 33.1 Å². The Morgan fingerprint density at radius 2 is 2.32 bits per heavy atom. The van der Waals surface area contributed by atoms with Crippen LogP contribution in [0, 0.1) is 0 Å². The quantitative estimate of drug-likeness (QED) is 0.764. The zero-order valence-corrected chi connectivity index (χ0v) is 12.4. The Kier molecular flexibility index (Phi) is 5.86. The van der Waals surface area contributed by atoms with Crippen LogP contribution in [0.2, 0.25) is 0 Å². The zero-order valence-electron chi connectivity index (χ0n) is 12.4.